The third-order valence-corrected chi connectivity index (χ3v) is 2.73. The number of rotatable bonds is 4. The summed E-state index contributed by atoms with van der Waals surface area (Å²) in [4.78, 5) is 12.4. The summed E-state index contributed by atoms with van der Waals surface area (Å²) in [5.41, 5.74) is 1.91. The standard InChI is InChI=1S/C13H15NO3/c1-9-11(7-14(2)8-13(15)16)10-5-3-4-6-12(10)17-9/h3-6H,7-8H2,1-2H3,(H,15,16). The first-order valence-electron chi connectivity index (χ1n) is 5.45. The molecule has 0 aliphatic heterocycles. The normalized spacial score (nSPS) is 11.2. The number of nitrogens with zero attached hydrogens (tertiary/aromatic N) is 1. The molecule has 1 N–H and O–H groups in total. The van der Waals surface area contributed by atoms with Crippen LogP contribution >= 0.6 is 0 Å². The summed E-state index contributed by atoms with van der Waals surface area (Å²) in [5, 5.41) is 9.79. The van der Waals surface area contributed by atoms with Gasteiger partial charge in [-0.15, -0.1) is 0 Å². The lowest BCUT2D eigenvalue weighted by molar-refractivity contribution is -0.138. The Morgan fingerprint density at radius 3 is 2.82 bits per heavy atom. The highest BCUT2D eigenvalue weighted by Gasteiger charge is 2.13. The predicted octanol–water partition coefficient (Wildman–Crippen LogP) is 2.26. The van der Waals surface area contributed by atoms with Gasteiger partial charge in [0, 0.05) is 17.5 Å². The summed E-state index contributed by atoms with van der Waals surface area (Å²) in [6, 6.07) is 7.80. The van der Waals surface area contributed by atoms with Crippen LogP contribution in [0.3, 0.4) is 0 Å². The number of carboxylic acid groups (broad SMARTS) is 1. The first-order valence-corrected chi connectivity index (χ1v) is 5.45. The Morgan fingerprint density at radius 2 is 2.12 bits per heavy atom. The summed E-state index contributed by atoms with van der Waals surface area (Å²) in [6.07, 6.45) is 0. The number of hydrogen-bond donors (Lipinski definition) is 1. The van der Waals surface area contributed by atoms with Crippen LogP contribution in [0.5, 0.6) is 0 Å². The van der Waals surface area contributed by atoms with Crippen LogP contribution in [0, 0.1) is 6.92 Å². The maximum absolute atomic E-state index is 10.6. The first-order chi connectivity index (χ1) is 8.08. The zero-order valence-corrected chi connectivity index (χ0v) is 9.93. The molecule has 2 rings (SSSR count). The Labute approximate surface area is 99.4 Å². The van der Waals surface area contributed by atoms with Crippen molar-refractivity contribution in [2.75, 3.05) is 13.6 Å². The molecule has 0 saturated heterocycles. The van der Waals surface area contributed by atoms with E-state index in [1.165, 1.54) is 0 Å². The van der Waals surface area contributed by atoms with Crippen molar-refractivity contribution in [1.82, 2.24) is 4.90 Å². The average Bonchev–Trinajstić information content (AvgIpc) is 2.55. The van der Waals surface area contributed by atoms with Crippen LogP contribution in [0.2, 0.25) is 0 Å². The molecular weight excluding hydrogens is 218 g/mol. The zero-order valence-electron chi connectivity index (χ0n) is 9.93. The van der Waals surface area contributed by atoms with Gasteiger partial charge >= 0.3 is 5.97 Å². The van der Waals surface area contributed by atoms with Crippen molar-refractivity contribution in [1.29, 1.82) is 0 Å². The molecule has 90 valence electrons. The van der Waals surface area contributed by atoms with E-state index in [-0.39, 0.29) is 6.54 Å². The largest absolute Gasteiger partial charge is 0.480 e. The maximum Gasteiger partial charge on any atom is 0.317 e. The smallest absolute Gasteiger partial charge is 0.317 e. The fraction of sp³-hybridized carbons (Fsp3) is 0.308. The molecule has 1 aromatic heterocycles. The third kappa shape index (κ3) is 2.47. The number of para-hydroxylation sites is 1. The quantitative estimate of drug-likeness (QED) is 0.880. The van der Waals surface area contributed by atoms with Crippen LogP contribution in [-0.4, -0.2) is 29.6 Å². The Hall–Kier alpha value is -1.81. The van der Waals surface area contributed by atoms with Crippen LogP contribution in [0.1, 0.15) is 11.3 Å². The van der Waals surface area contributed by atoms with Gasteiger partial charge in [-0.05, 0) is 20.0 Å². The van der Waals surface area contributed by atoms with E-state index < -0.39 is 5.97 Å². The molecule has 2 aromatic rings. The number of likely N-dealkylation sites (N-methyl/N-ethyl adjacent to an activating group) is 1. The summed E-state index contributed by atoms with van der Waals surface area (Å²) in [5.74, 6) is 0.0291. The van der Waals surface area contributed by atoms with E-state index in [2.05, 4.69) is 0 Å². The number of carbonyl (C=O) groups is 1. The van der Waals surface area contributed by atoms with E-state index in [9.17, 15) is 4.79 Å². The number of fused-ring (bicyclic) bond motifs is 1. The SMILES string of the molecule is Cc1oc2ccccc2c1CN(C)CC(=O)O. The predicted molar refractivity (Wildman–Crippen MR) is 64.9 cm³/mol. The molecule has 0 bridgehead atoms. The van der Waals surface area contributed by atoms with Crippen LogP contribution in [0.15, 0.2) is 28.7 Å². The molecular formula is C13H15NO3. The van der Waals surface area contributed by atoms with Crippen LogP contribution in [0.25, 0.3) is 11.0 Å². The lowest BCUT2D eigenvalue weighted by Gasteiger charge is -2.13. The molecule has 0 fully saturated rings. The van der Waals surface area contributed by atoms with Crippen LogP contribution in [0.4, 0.5) is 0 Å². The number of benzene rings is 1. The zero-order chi connectivity index (χ0) is 12.4. The van der Waals surface area contributed by atoms with E-state index in [1.54, 1.807) is 11.9 Å². The van der Waals surface area contributed by atoms with Gasteiger partial charge in [0.15, 0.2) is 0 Å². The lowest BCUT2D eigenvalue weighted by Crippen LogP contribution is -2.25. The van der Waals surface area contributed by atoms with E-state index in [0.717, 1.165) is 22.3 Å². The Morgan fingerprint density at radius 1 is 1.41 bits per heavy atom. The van der Waals surface area contributed by atoms with Crippen molar-refractivity contribution in [2.24, 2.45) is 0 Å². The number of aryl methyl sites for hydroxylation is 1. The van der Waals surface area contributed by atoms with Crippen LogP contribution in [-0.2, 0) is 11.3 Å². The van der Waals surface area contributed by atoms with Gasteiger partial charge in [-0.1, -0.05) is 18.2 Å². The van der Waals surface area contributed by atoms with Gasteiger partial charge in [-0.25, -0.2) is 0 Å². The monoisotopic (exact) mass is 233 g/mol. The highest BCUT2D eigenvalue weighted by molar-refractivity contribution is 5.82. The highest BCUT2D eigenvalue weighted by Crippen LogP contribution is 2.25. The molecule has 1 heterocycles. The molecule has 0 aliphatic rings. The maximum atomic E-state index is 10.6. The molecule has 17 heavy (non-hydrogen) atoms. The molecule has 0 radical (unpaired) electrons. The number of furan rings is 1. The highest BCUT2D eigenvalue weighted by atomic mass is 16.4. The van der Waals surface area contributed by atoms with Gasteiger partial charge in [0.1, 0.15) is 11.3 Å². The van der Waals surface area contributed by atoms with Crippen molar-refractivity contribution in [3.63, 3.8) is 0 Å². The van der Waals surface area contributed by atoms with E-state index in [0.29, 0.717) is 6.54 Å². The van der Waals surface area contributed by atoms with Crippen molar-refractivity contribution >= 4 is 16.9 Å². The van der Waals surface area contributed by atoms with Gasteiger partial charge in [0.25, 0.3) is 0 Å². The minimum atomic E-state index is -0.821. The average molecular weight is 233 g/mol. The minimum absolute atomic E-state index is 0.0267. The second kappa shape index (κ2) is 4.59. The molecule has 0 unspecified atom stereocenters. The summed E-state index contributed by atoms with van der Waals surface area (Å²) < 4.78 is 5.63. The second-order valence-corrected chi connectivity index (χ2v) is 4.20. The molecule has 0 amide bonds. The second-order valence-electron chi connectivity index (χ2n) is 4.20. The van der Waals surface area contributed by atoms with Crippen LogP contribution < -0.4 is 0 Å². The number of hydrogen-bond acceptors (Lipinski definition) is 3. The molecule has 4 heteroatoms. The molecule has 0 atom stereocenters. The van der Waals surface area contributed by atoms with Crippen molar-refractivity contribution in [3.8, 4) is 0 Å². The Kier molecular flexibility index (Phi) is 3.15. The lowest BCUT2D eigenvalue weighted by atomic mass is 10.1. The van der Waals surface area contributed by atoms with Crippen molar-refractivity contribution in [3.05, 3.63) is 35.6 Å². The Bertz CT molecular complexity index is 545. The molecule has 1 aromatic carbocycles. The number of aliphatic carboxylic acids is 1. The topological polar surface area (TPSA) is 53.7 Å². The fourth-order valence-electron chi connectivity index (χ4n) is 1.97. The van der Waals surface area contributed by atoms with Gasteiger partial charge in [0.2, 0.25) is 0 Å². The summed E-state index contributed by atoms with van der Waals surface area (Å²) in [7, 11) is 1.79. The fourth-order valence-corrected chi connectivity index (χ4v) is 1.97. The molecule has 4 nitrogen and oxygen atoms in total. The first kappa shape index (κ1) is 11.7. The molecule has 0 aliphatic carbocycles. The molecule has 0 spiro atoms. The summed E-state index contributed by atoms with van der Waals surface area (Å²) in [6.45, 7) is 2.51. The van der Waals surface area contributed by atoms with Gasteiger partial charge < -0.3 is 9.52 Å². The van der Waals surface area contributed by atoms with Gasteiger partial charge in [-0.2, -0.15) is 0 Å². The van der Waals surface area contributed by atoms with Crippen molar-refractivity contribution in [2.45, 2.75) is 13.5 Å². The minimum Gasteiger partial charge on any atom is -0.480 e. The summed E-state index contributed by atoms with van der Waals surface area (Å²) >= 11 is 0. The van der Waals surface area contributed by atoms with Crippen molar-refractivity contribution < 1.29 is 14.3 Å². The third-order valence-electron chi connectivity index (χ3n) is 2.73. The van der Waals surface area contributed by atoms with E-state index in [4.69, 9.17) is 9.52 Å². The van der Waals surface area contributed by atoms with E-state index >= 15 is 0 Å². The number of carboxylic acids is 1. The van der Waals surface area contributed by atoms with Gasteiger partial charge in [0.05, 0.1) is 6.54 Å². The van der Waals surface area contributed by atoms with E-state index in [1.807, 2.05) is 31.2 Å². The molecule has 0 saturated carbocycles. The van der Waals surface area contributed by atoms with Gasteiger partial charge in [-0.3, -0.25) is 9.69 Å². The Balaban J connectivity index is 2.29.